The Balaban J connectivity index is 2.15. The first-order valence-corrected chi connectivity index (χ1v) is 6.14. The topological polar surface area (TPSA) is 15.3 Å². The van der Waals surface area contributed by atoms with Gasteiger partial charge in [-0.15, -0.1) is 0 Å². The number of nitrogens with zero attached hydrogens (tertiary/aromatic N) is 1. The van der Waals surface area contributed by atoms with Crippen LogP contribution in [0.1, 0.15) is 39.5 Å². The Morgan fingerprint density at radius 1 is 1.43 bits per heavy atom. The Hall–Kier alpha value is -0.0800. The SMILES string of the molecule is CCCCN(C)CC1CC(C)CCN1. The Labute approximate surface area is 89.1 Å². The van der Waals surface area contributed by atoms with Crippen LogP contribution in [0.4, 0.5) is 0 Å². The first-order valence-electron chi connectivity index (χ1n) is 6.14. The molecule has 0 aromatic rings. The standard InChI is InChI=1S/C12H26N2/c1-4-5-8-14(3)10-12-9-11(2)6-7-13-12/h11-13H,4-10H2,1-3H3. The van der Waals surface area contributed by atoms with E-state index in [1.807, 2.05) is 0 Å². The smallest absolute Gasteiger partial charge is 0.0197 e. The first-order chi connectivity index (χ1) is 6.72. The minimum Gasteiger partial charge on any atom is -0.313 e. The molecule has 2 atom stereocenters. The molecule has 0 saturated carbocycles. The van der Waals surface area contributed by atoms with Crippen molar-refractivity contribution in [2.24, 2.45) is 5.92 Å². The third-order valence-corrected chi connectivity index (χ3v) is 3.18. The van der Waals surface area contributed by atoms with E-state index < -0.39 is 0 Å². The third-order valence-electron chi connectivity index (χ3n) is 3.18. The molecule has 14 heavy (non-hydrogen) atoms. The molecule has 1 aliphatic heterocycles. The summed E-state index contributed by atoms with van der Waals surface area (Å²) in [4.78, 5) is 2.47. The third kappa shape index (κ3) is 4.43. The molecule has 1 N–H and O–H groups in total. The zero-order chi connectivity index (χ0) is 10.4. The van der Waals surface area contributed by atoms with Crippen molar-refractivity contribution in [1.82, 2.24) is 10.2 Å². The summed E-state index contributed by atoms with van der Waals surface area (Å²) in [5.41, 5.74) is 0. The Morgan fingerprint density at radius 3 is 2.86 bits per heavy atom. The molecule has 0 amide bonds. The van der Waals surface area contributed by atoms with Gasteiger partial charge < -0.3 is 10.2 Å². The molecule has 84 valence electrons. The molecule has 0 aromatic heterocycles. The summed E-state index contributed by atoms with van der Waals surface area (Å²) in [7, 11) is 2.25. The van der Waals surface area contributed by atoms with Gasteiger partial charge in [-0.05, 0) is 45.3 Å². The minimum atomic E-state index is 0.737. The second-order valence-corrected chi connectivity index (χ2v) is 4.90. The van der Waals surface area contributed by atoms with Gasteiger partial charge in [-0.25, -0.2) is 0 Å². The summed E-state index contributed by atoms with van der Waals surface area (Å²) >= 11 is 0. The molecule has 2 heteroatoms. The average Bonchev–Trinajstić information content (AvgIpc) is 2.15. The van der Waals surface area contributed by atoms with E-state index in [0.717, 1.165) is 12.0 Å². The summed E-state index contributed by atoms with van der Waals surface area (Å²) < 4.78 is 0. The van der Waals surface area contributed by atoms with Gasteiger partial charge in [-0.3, -0.25) is 0 Å². The van der Waals surface area contributed by atoms with Gasteiger partial charge in [0.15, 0.2) is 0 Å². The van der Waals surface area contributed by atoms with E-state index in [1.54, 1.807) is 0 Å². The molecular weight excluding hydrogens is 172 g/mol. The second-order valence-electron chi connectivity index (χ2n) is 4.90. The van der Waals surface area contributed by atoms with E-state index in [2.05, 4.69) is 31.1 Å². The van der Waals surface area contributed by atoms with Gasteiger partial charge in [-0.2, -0.15) is 0 Å². The van der Waals surface area contributed by atoms with Crippen LogP contribution in [0.2, 0.25) is 0 Å². The Kier molecular flexibility index (Phi) is 5.49. The molecule has 1 rings (SSSR count). The molecule has 0 aromatic carbocycles. The zero-order valence-electron chi connectivity index (χ0n) is 10.1. The highest BCUT2D eigenvalue weighted by Gasteiger charge is 2.18. The van der Waals surface area contributed by atoms with Gasteiger partial charge in [0, 0.05) is 12.6 Å². The van der Waals surface area contributed by atoms with Crippen molar-refractivity contribution in [2.45, 2.75) is 45.6 Å². The van der Waals surface area contributed by atoms with Crippen LogP contribution in [0, 0.1) is 5.92 Å². The Bertz CT molecular complexity index is 147. The maximum Gasteiger partial charge on any atom is 0.0197 e. The molecule has 0 radical (unpaired) electrons. The van der Waals surface area contributed by atoms with Crippen LogP contribution in [0.15, 0.2) is 0 Å². The highest BCUT2D eigenvalue weighted by Crippen LogP contribution is 2.15. The molecule has 1 saturated heterocycles. The van der Waals surface area contributed by atoms with E-state index >= 15 is 0 Å². The van der Waals surface area contributed by atoms with Crippen molar-refractivity contribution >= 4 is 0 Å². The van der Waals surface area contributed by atoms with Crippen LogP contribution in [0.3, 0.4) is 0 Å². The molecule has 1 heterocycles. The molecular formula is C12H26N2. The fraction of sp³-hybridized carbons (Fsp3) is 1.00. The van der Waals surface area contributed by atoms with Crippen molar-refractivity contribution in [3.8, 4) is 0 Å². The summed E-state index contributed by atoms with van der Waals surface area (Å²) in [5.74, 6) is 0.917. The van der Waals surface area contributed by atoms with E-state index in [0.29, 0.717) is 0 Å². The van der Waals surface area contributed by atoms with Crippen molar-refractivity contribution in [3.63, 3.8) is 0 Å². The molecule has 0 spiro atoms. The number of hydrogen-bond donors (Lipinski definition) is 1. The predicted molar refractivity (Wildman–Crippen MR) is 62.6 cm³/mol. The number of hydrogen-bond acceptors (Lipinski definition) is 2. The van der Waals surface area contributed by atoms with Crippen LogP contribution in [0.5, 0.6) is 0 Å². The Morgan fingerprint density at radius 2 is 2.21 bits per heavy atom. The van der Waals surface area contributed by atoms with Gasteiger partial charge in [0.2, 0.25) is 0 Å². The minimum absolute atomic E-state index is 0.737. The lowest BCUT2D eigenvalue weighted by Gasteiger charge is -2.31. The van der Waals surface area contributed by atoms with Crippen molar-refractivity contribution < 1.29 is 0 Å². The number of likely N-dealkylation sites (N-methyl/N-ethyl adjacent to an activating group) is 1. The normalized spacial score (nSPS) is 28.3. The largest absolute Gasteiger partial charge is 0.313 e. The number of unbranched alkanes of at least 4 members (excludes halogenated alkanes) is 1. The molecule has 1 aliphatic rings. The van der Waals surface area contributed by atoms with E-state index in [9.17, 15) is 0 Å². The lowest BCUT2D eigenvalue weighted by atomic mass is 9.94. The number of nitrogens with one attached hydrogen (secondary N) is 1. The van der Waals surface area contributed by atoms with E-state index in [1.165, 1.54) is 45.3 Å². The highest BCUT2D eigenvalue weighted by atomic mass is 15.1. The summed E-state index contributed by atoms with van der Waals surface area (Å²) in [6.45, 7) is 8.33. The van der Waals surface area contributed by atoms with Gasteiger partial charge in [0.05, 0.1) is 0 Å². The fourth-order valence-electron chi connectivity index (χ4n) is 2.26. The van der Waals surface area contributed by atoms with Crippen LogP contribution in [-0.2, 0) is 0 Å². The van der Waals surface area contributed by atoms with Crippen LogP contribution < -0.4 is 5.32 Å². The summed E-state index contributed by atoms with van der Waals surface area (Å²) in [5, 5.41) is 3.62. The van der Waals surface area contributed by atoms with Crippen LogP contribution >= 0.6 is 0 Å². The van der Waals surface area contributed by atoms with E-state index in [4.69, 9.17) is 0 Å². The zero-order valence-corrected chi connectivity index (χ0v) is 10.1. The number of piperidine rings is 1. The average molecular weight is 198 g/mol. The lowest BCUT2D eigenvalue weighted by Crippen LogP contribution is -2.44. The van der Waals surface area contributed by atoms with Gasteiger partial charge in [-0.1, -0.05) is 20.3 Å². The fourth-order valence-corrected chi connectivity index (χ4v) is 2.26. The monoisotopic (exact) mass is 198 g/mol. The van der Waals surface area contributed by atoms with Crippen LogP contribution in [-0.4, -0.2) is 37.6 Å². The lowest BCUT2D eigenvalue weighted by molar-refractivity contribution is 0.233. The maximum atomic E-state index is 3.62. The van der Waals surface area contributed by atoms with Gasteiger partial charge >= 0.3 is 0 Å². The molecule has 2 nitrogen and oxygen atoms in total. The molecule has 0 aliphatic carbocycles. The van der Waals surface area contributed by atoms with Crippen molar-refractivity contribution in [2.75, 3.05) is 26.7 Å². The van der Waals surface area contributed by atoms with Gasteiger partial charge in [0.25, 0.3) is 0 Å². The molecule has 2 unspecified atom stereocenters. The predicted octanol–water partition coefficient (Wildman–Crippen LogP) is 2.11. The highest BCUT2D eigenvalue weighted by molar-refractivity contribution is 4.78. The number of rotatable bonds is 5. The summed E-state index contributed by atoms with van der Waals surface area (Å²) in [6, 6.07) is 0.737. The maximum absolute atomic E-state index is 3.62. The van der Waals surface area contributed by atoms with Crippen molar-refractivity contribution in [1.29, 1.82) is 0 Å². The quantitative estimate of drug-likeness (QED) is 0.728. The molecule has 1 fully saturated rings. The van der Waals surface area contributed by atoms with Gasteiger partial charge in [0.1, 0.15) is 0 Å². The summed E-state index contributed by atoms with van der Waals surface area (Å²) in [6.07, 6.45) is 5.35. The van der Waals surface area contributed by atoms with Crippen LogP contribution in [0.25, 0.3) is 0 Å². The first kappa shape index (κ1) is 12.0. The van der Waals surface area contributed by atoms with E-state index in [-0.39, 0.29) is 0 Å². The van der Waals surface area contributed by atoms with Crippen molar-refractivity contribution in [3.05, 3.63) is 0 Å². The second kappa shape index (κ2) is 6.41. The molecule has 0 bridgehead atoms.